The monoisotopic (exact) mass is 316 g/mol. The van der Waals surface area contributed by atoms with E-state index in [-0.39, 0.29) is 18.0 Å². The average Bonchev–Trinajstić information content (AvgIpc) is 2.53. The molecule has 1 fully saturated rings. The minimum Gasteiger partial charge on any atom is -0.465 e. The van der Waals surface area contributed by atoms with Gasteiger partial charge in [0, 0.05) is 13.1 Å². The van der Waals surface area contributed by atoms with Crippen molar-refractivity contribution in [3.05, 3.63) is 39.9 Å². The number of aromatic amines is 1. The largest absolute Gasteiger partial charge is 0.465 e. The lowest BCUT2D eigenvalue weighted by Gasteiger charge is -2.25. The summed E-state index contributed by atoms with van der Waals surface area (Å²) in [5.41, 5.74) is 0.484. The van der Waals surface area contributed by atoms with Crippen LogP contribution in [0.25, 0.3) is 10.9 Å². The molecule has 1 aliphatic rings. The number of benzene rings is 1. The van der Waals surface area contributed by atoms with Gasteiger partial charge < -0.3 is 15.0 Å². The maximum Gasteiger partial charge on any atom is 0.337 e. The lowest BCUT2D eigenvalue weighted by atomic mass is 10.1. The third-order valence-corrected chi connectivity index (χ3v) is 3.67. The molecule has 2 heterocycles. The van der Waals surface area contributed by atoms with Crippen molar-refractivity contribution in [2.24, 2.45) is 0 Å². The molecule has 2 N–H and O–H groups in total. The average molecular weight is 316 g/mol. The number of carbonyl (C=O) groups is 2. The number of hydrogen-bond donors (Lipinski definition) is 2. The quantitative estimate of drug-likeness (QED) is 0.750. The fraction of sp³-hybridized carbons (Fsp3) is 0.333. The number of nitrogens with one attached hydrogen (secondary N) is 2. The van der Waals surface area contributed by atoms with E-state index in [0.29, 0.717) is 41.9 Å². The van der Waals surface area contributed by atoms with E-state index >= 15 is 0 Å². The predicted octanol–water partition coefficient (Wildman–Crippen LogP) is -0.358. The Morgan fingerprint density at radius 1 is 1.39 bits per heavy atom. The number of nitrogens with zero attached hydrogens (tertiary/aromatic N) is 2. The van der Waals surface area contributed by atoms with Gasteiger partial charge in [0.2, 0.25) is 5.91 Å². The molecule has 0 aliphatic carbocycles. The Kier molecular flexibility index (Phi) is 4.07. The van der Waals surface area contributed by atoms with Crippen LogP contribution >= 0.6 is 0 Å². The highest BCUT2D eigenvalue weighted by Gasteiger charge is 2.17. The number of esters is 1. The van der Waals surface area contributed by atoms with Gasteiger partial charge >= 0.3 is 5.97 Å². The van der Waals surface area contributed by atoms with Crippen molar-refractivity contribution in [2.45, 2.75) is 6.54 Å². The number of methoxy groups -OCH3 is 1. The summed E-state index contributed by atoms with van der Waals surface area (Å²) in [5.74, 6) is -0.0742. The summed E-state index contributed by atoms with van der Waals surface area (Å²) < 4.78 is 4.67. The van der Waals surface area contributed by atoms with Gasteiger partial charge in [0.15, 0.2) is 0 Å². The van der Waals surface area contributed by atoms with Crippen molar-refractivity contribution in [1.82, 2.24) is 20.2 Å². The molecule has 0 radical (unpaired) electrons. The second kappa shape index (κ2) is 6.17. The molecule has 8 nitrogen and oxygen atoms in total. The molecule has 0 bridgehead atoms. The number of amides is 1. The zero-order chi connectivity index (χ0) is 16.4. The van der Waals surface area contributed by atoms with Crippen LogP contribution in [0.15, 0.2) is 23.0 Å². The minimum atomic E-state index is -0.483. The van der Waals surface area contributed by atoms with Crippen LogP contribution in [0.1, 0.15) is 16.2 Å². The van der Waals surface area contributed by atoms with Gasteiger partial charge in [-0.1, -0.05) is 0 Å². The molecular weight excluding hydrogens is 300 g/mol. The van der Waals surface area contributed by atoms with Gasteiger partial charge in [-0.3, -0.25) is 14.5 Å². The van der Waals surface area contributed by atoms with E-state index in [9.17, 15) is 14.4 Å². The molecule has 23 heavy (non-hydrogen) atoms. The maximum atomic E-state index is 12.1. The molecule has 0 saturated carbocycles. The van der Waals surface area contributed by atoms with Crippen LogP contribution in [0, 0.1) is 0 Å². The molecule has 120 valence electrons. The second-order valence-electron chi connectivity index (χ2n) is 5.30. The van der Waals surface area contributed by atoms with Crippen LogP contribution in [-0.2, 0) is 16.1 Å². The first-order valence-corrected chi connectivity index (χ1v) is 7.17. The van der Waals surface area contributed by atoms with E-state index in [4.69, 9.17) is 0 Å². The summed E-state index contributed by atoms with van der Waals surface area (Å²) in [4.78, 5) is 44.1. The molecule has 8 heteroatoms. The number of rotatable bonds is 3. The van der Waals surface area contributed by atoms with Crippen LogP contribution in [0.4, 0.5) is 0 Å². The molecule has 0 spiro atoms. The molecule has 1 saturated heterocycles. The van der Waals surface area contributed by atoms with Crippen molar-refractivity contribution >= 4 is 22.8 Å². The first kappa shape index (κ1) is 15.2. The first-order chi connectivity index (χ1) is 11.1. The number of carbonyl (C=O) groups excluding carboxylic acids is 2. The molecule has 1 aromatic carbocycles. The van der Waals surface area contributed by atoms with Gasteiger partial charge in [0.25, 0.3) is 5.56 Å². The molecule has 1 amide bonds. The summed E-state index contributed by atoms with van der Waals surface area (Å²) >= 11 is 0. The standard InChI is InChI=1S/C15H16N4O4/c1-23-15(22)9-2-3-10-11(6-9)17-12(18-14(10)21)7-19-5-4-16-13(20)8-19/h2-3,6H,4-5,7-8H2,1H3,(H,16,20)(H,17,18,21). The highest BCUT2D eigenvalue weighted by Crippen LogP contribution is 2.12. The molecule has 2 aromatic rings. The zero-order valence-electron chi connectivity index (χ0n) is 12.6. The normalized spacial score (nSPS) is 15.4. The minimum absolute atomic E-state index is 0.0487. The summed E-state index contributed by atoms with van der Waals surface area (Å²) in [6, 6.07) is 4.61. The summed E-state index contributed by atoms with van der Waals surface area (Å²) in [7, 11) is 1.30. The van der Waals surface area contributed by atoms with Gasteiger partial charge in [0.1, 0.15) is 5.82 Å². The summed E-state index contributed by atoms with van der Waals surface area (Å²) in [5, 5.41) is 3.14. The topological polar surface area (TPSA) is 104 Å². The van der Waals surface area contributed by atoms with E-state index in [1.165, 1.54) is 19.2 Å². The Labute approximate surface area is 131 Å². The van der Waals surface area contributed by atoms with Crippen LogP contribution in [0.2, 0.25) is 0 Å². The van der Waals surface area contributed by atoms with Crippen molar-refractivity contribution in [1.29, 1.82) is 0 Å². The Morgan fingerprint density at radius 2 is 2.22 bits per heavy atom. The molecule has 0 atom stereocenters. The van der Waals surface area contributed by atoms with Crippen molar-refractivity contribution in [3.63, 3.8) is 0 Å². The van der Waals surface area contributed by atoms with Gasteiger partial charge in [-0.15, -0.1) is 0 Å². The molecule has 0 unspecified atom stereocenters. The third kappa shape index (κ3) is 3.21. The highest BCUT2D eigenvalue weighted by molar-refractivity contribution is 5.93. The number of fused-ring (bicyclic) bond motifs is 1. The van der Waals surface area contributed by atoms with Gasteiger partial charge in [-0.25, -0.2) is 9.78 Å². The maximum absolute atomic E-state index is 12.1. The SMILES string of the molecule is COC(=O)c1ccc2c(=O)[nH]c(CN3CCNC(=O)C3)nc2c1. The lowest BCUT2D eigenvalue weighted by Crippen LogP contribution is -2.47. The number of ether oxygens (including phenoxy) is 1. The fourth-order valence-corrected chi connectivity index (χ4v) is 2.55. The molecule has 3 rings (SSSR count). The van der Waals surface area contributed by atoms with Crippen molar-refractivity contribution in [2.75, 3.05) is 26.7 Å². The van der Waals surface area contributed by atoms with Crippen LogP contribution in [0.5, 0.6) is 0 Å². The second-order valence-corrected chi connectivity index (χ2v) is 5.30. The van der Waals surface area contributed by atoms with Crippen LogP contribution in [0.3, 0.4) is 0 Å². The molecule has 1 aliphatic heterocycles. The predicted molar refractivity (Wildman–Crippen MR) is 82.0 cm³/mol. The van der Waals surface area contributed by atoms with E-state index < -0.39 is 5.97 Å². The lowest BCUT2D eigenvalue weighted by molar-refractivity contribution is -0.124. The van der Waals surface area contributed by atoms with Gasteiger partial charge in [-0.2, -0.15) is 0 Å². The van der Waals surface area contributed by atoms with E-state index in [0.717, 1.165) is 0 Å². The Bertz CT molecular complexity index is 830. The van der Waals surface area contributed by atoms with E-state index in [2.05, 4.69) is 20.0 Å². The number of H-pyrrole nitrogens is 1. The van der Waals surface area contributed by atoms with Crippen LogP contribution < -0.4 is 10.9 Å². The molecular formula is C15H16N4O4. The number of piperazine rings is 1. The number of hydrogen-bond acceptors (Lipinski definition) is 6. The van der Waals surface area contributed by atoms with Gasteiger partial charge in [0.05, 0.1) is 36.7 Å². The van der Waals surface area contributed by atoms with Crippen molar-refractivity contribution < 1.29 is 14.3 Å². The highest BCUT2D eigenvalue weighted by atomic mass is 16.5. The third-order valence-electron chi connectivity index (χ3n) is 3.67. The van der Waals surface area contributed by atoms with Crippen molar-refractivity contribution in [3.8, 4) is 0 Å². The Balaban J connectivity index is 1.93. The fourth-order valence-electron chi connectivity index (χ4n) is 2.55. The summed E-state index contributed by atoms with van der Waals surface area (Å²) in [6.45, 7) is 1.89. The summed E-state index contributed by atoms with van der Waals surface area (Å²) in [6.07, 6.45) is 0. The zero-order valence-corrected chi connectivity index (χ0v) is 12.6. The van der Waals surface area contributed by atoms with Gasteiger partial charge in [-0.05, 0) is 18.2 Å². The smallest absolute Gasteiger partial charge is 0.337 e. The first-order valence-electron chi connectivity index (χ1n) is 7.17. The van der Waals surface area contributed by atoms with E-state index in [1.807, 2.05) is 4.90 Å². The number of aromatic nitrogens is 2. The van der Waals surface area contributed by atoms with Crippen LogP contribution in [-0.4, -0.2) is 53.5 Å². The molecule has 1 aromatic heterocycles. The van der Waals surface area contributed by atoms with E-state index in [1.54, 1.807) is 6.07 Å². The Hall–Kier alpha value is -2.74. The Morgan fingerprint density at radius 3 is 2.96 bits per heavy atom.